The van der Waals surface area contributed by atoms with E-state index in [1.807, 2.05) is 10.3 Å². The molecular weight excluding hydrogens is 262 g/mol. The van der Waals surface area contributed by atoms with Crippen LogP contribution in [-0.2, 0) is 11.3 Å². The summed E-state index contributed by atoms with van der Waals surface area (Å²) in [4.78, 5) is 18.3. The van der Waals surface area contributed by atoms with Crippen molar-refractivity contribution in [3.8, 4) is 0 Å². The molecule has 6 heteroatoms. The quantitative estimate of drug-likeness (QED) is 0.920. The third-order valence-corrected chi connectivity index (χ3v) is 3.89. The van der Waals surface area contributed by atoms with Crippen molar-refractivity contribution in [2.24, 2.45) is 5.92 Å². The molecule has 2 heterocycles. The summed E-state index contributed by atoms with van der Waals surface area (Å²) in [7, 11) is 0. The van der Waals surface area contributed by atoms with Crippen LogP contribution in [0.2, 0.25) is 0 Å². The summed E-state index contributed by atoms with van der Waals surface area (Å²) < 4.78 is 5.48. The molecule has 0 bridgehead atoms. The molecule has 0 saturated carbocycles. The van der Waals surface area contributed by atoms with Gasteiger partial charge in [-0.25, -0.2) is 9.78 Å². The van der Waals surface area contributed by atoms with Crippen LogP contribution in [0.25, 0.3) is 0 Å². The Morgan fingerprint density at radius 1 is 1.68 bits per heavy atom. The minimum Gasteiger partial charge on any atom is -0.377 e. The van der Waals surface area contributed by atoms with Gasteiger partial charge in [0.2, 0.25) is 0 Å². The molecule has 2 amide bonds. The highest BCUT2D eigenvalue weighted by Crippen LogP contribution is 2.16. The molecule has 0 radical (unpaired) electrons. The lowest BCUT2D eigenvalue weighted by atomic mass is 10.0. The minimum absolute atomic E-state index is 0.0100. The largest absolute Gasteiger partial charge is 0.377 e. The van der Waals surface area contributed by atoms with Crippen molar-refractivity contribution in [2.75, 3.05) is 19.8 Å². The van der Waals surface area contributed by atoms with Gasteiger partial charge in [-0.2, -0.15) is 0 Å². The maximum absolute atomic E-state index is 12.2. The number of hydrogen-bond acceptors (Lipinski definition) is 4. The first-order valence-corrected chi connectivity index (χ1v) is 7.55. The number of ether oxygens (including phenoxy) is 1. The average Bonchev–Trinajstić information content (AvgIpc) is 2.89. The van der Waals surface area contributed by atoms with Crippen LogP contribution in [0.15, 0.2) is 11.6 Å². The zero-order valence-corrected chi connectivity index (χ0v) is 12.3. The number of thiazole rings is 1. The van der Waals surface area contributed by atoms with Crippen molar-refractivity contribution in [3.05, 3.63) is 16.6 Å². The first-order chi connectivity index (χ1) is 9.16. The van der Waals surface area contributed by atoms with E-state index in [9.17, 15) is 4.79 Å². The van der Waals surface area contributed by atoms with Gasteiger partial charge < -0.3 is 15.0 Å². The number of carbonyl (C=O) groups is 1. The van der Waals surface area contributed by atoms with Crippen LogP contribution in [0.3, 0.4) is 0 Å². The third-order valence-electron chi connectivity index (χ3n) is 3.11. The summed E-state index contributed by atoms with van der Waals surface area (Å²) in [5.41, 5.74) is 0. The van der Waals surface area contributed by atoms with E-state index >= 15 is 0 Å². The molecule has 1 aromatic heterocycles. The van der Waals surface area contributed by atoms with Crippen LogP contribution in [0.1, 0.15) is 25.3 Å². The van der Waals surface area contributed by atoms with Crippen LogP contribution in [0, 0.1) is 5.92 Å². The molecule has 1 saturated heterocycles. The van der Waals surface area contributed by atoms with Gasteiger partial charge in [-0.1, -0.05) is 13.8 Å². The molecule has 1 aliphatic rings. The van der Waals surface area contributed by atoms with Crippen LogP contribution < -0.4 is 5.32 Å². The summed E-state index contributed by atoms with van der Waals surface area (Å²) in [5.74, 6) is 0.556. The normalized spacial score (nSPS) is 19.7. The predicted molar refractivity (Wildman–Crippen MR) is 75.1 cm³/mol. The lowest BCUT2D eigenvalue weighted by molar-refractivity contribution is 0.00551. The molecule has 1 aromatic rings. The van der Waals surface area contributed by atoms with Gasteiger partial charge in [-0.05, 0) is 12.3 Å². The van der Waals surface area contributed by atoms with E-state index in [0.29, 0.717) is 32.2 Å². The van der Waals surface area contributed by atoms with E-state index < -0.39 is 0 Å². The van der Waals surface area contributed by atoms with Crippen molar-refractivity contribution < 1.29 is 9.53 Å². The van der Waals surface area contributed by atoms with Gasteiger partial charge in [0.25, 0.3) is 0 Å². The number of morpholine rings is 1. The second-order valence-electron chi connectivity index (χ2n) is 5.14. The summed E-state index contributed by atoms with van der Waals surface area (Å²) in [6.07, 6.45) is 2.73. The second-order valence-corrected chi connectivity index (χ2v) is 6.12. The van der Waals surface area contributed by atoms with E-state index in [2.05, 4.69) is 24.1 Å². The fourth-order valence-electron chi connectivity index (χ4n) is 2.25. The van der Waals surface area contributed by atoms with E-state index in [1.54, 1.807) is 17.5 Å². The summed E-state index contributed by atoms with van der Waals surface area (Å²) in [6, 6.07) is 0.175. The maximum atomic E-state index is 12.2. The molecule has 106 valence electrons. The second kappa shape index (κ2) is 6.86. The molecule has 0 spiro atoms. The van der Waals surface area contributed by atoms with Gasteiger partial charge in [0, 0.05) is 18.1 Å². The van der Waals surface area contributed by atoms with E-state index in [1.165, 1.54) is 0 Å². The summed E-state index contributed by atoms with van der Waals surface area (Å²) >= 11 is 1.55. The number of nitrogens with zero attached hydrogens (tertiary/aromatic N) is 2. The van der Waals surface area contributed by atoms with Crippen LogP contribution in [0.4, 0.5) is 4.79 Å². The third kappa shape index (κ3) is 4.18. The summed E-state index contributed by atoms with van der Waals surface area (Å²) in [6.45, 7) is 6.77. The van der Waals surface area contributed by atoms with Gasteiger partial charge >= 0.3 is 6.03 Å². The molecule has 2 rings (SSSR count). The molecule has 19 heavy (non-hydrogen) atoms. The Hall–Kier alpha value is -1.14. The Bertz CT molecular complexity index is 395. The Morgan fingerprint density at radius 3 is 3.21 bits per heavy atom. The minimum atomic E-state index is -0.0100. The highest BCUT2D eigenvalue weighted by atomic mass is 32.1. The molecule has 0 unspecified atom stereocenters. The number of aromatic nitrogens is 1. The van der Waals surface area contributed by atoms with Crippen molar-refractivity contribution in [2.45, 2.75) is 32.9 Å². The van der Waals surface area contributed by atoms with Crippen LogP contribution in [-0.4, -0.2) is 41.7 Å². The summed E-state index contributed by atoms with van der Waals surface area (Å²) in [5, 5.41) is 5.78. The van der Waals surface area contributed by atoms with Crippen LogP contribution >= 0.6 is 11.3 Å². The zero-order chi connectivity index (χ0) is 13.7. The van der Waals surface area contributed by atoms with Crippen molar-refractivity contribution in [1.29, 1.82) is 0 Å². The van der Waals surface area contributed by atoms with E-state index in [4.69, 9.17) is 4.74 Å². The Balaban J connectivity index is 1.87. The molecule has 1 atom stereocenters. The van der Waals surface area contributed by atoms with Crippen molar-refractivity contribution >= 4 is 17.4 Å². The van der Waals surface area contributed by atoms with Gasteiger partial charge in [0.15, 0.2) is 0 Å². The van der Waals surface area contributed by atoms with Gasteiger partial charge in [0.05, 0.1) is 25.8 Å². The smallest absolute Gasteiger partial charge is 0.318 e. The van der Waals surface area contributed by atoms with Gasteiger partial charge in [-0.15, -0.1) is 11.3 Å². The average molecular weight is 283 g/mol. The van der Waals surface area contributed by atoms with Gasteiger partial charge in [0.1, 0.15) is 5.01 Å². The Kier molecular flexibility index (Phi) is 5.15. The molecule has 1 N–H and O–H groups in total. The molecule has 1 aliphatic heterocycles. The lowest BCUT2D eigenvalue weighted by Gasteiger charge is -2.36. The number of urea groups is 1. The number of rotatable bonds is 4. The highest BCUT2D eigenvalue weighted by Gasteiger charge is 2.27. The maximum Gasteiger partial charge on any atom is 0.318 e. The Morgan fingerprint density at radius 2 is 2.53 bits per heavy atom. The molecule has 0 aliphatic carbocycles. The van der Waals surface area contributed by atoms with Crippen molar-refractivity contribution in [3.63, 3.8) is 0 Å². The zero-order valence-electron chi connectivity index (χ0n) is 11.5. The molecule has 5 nitrogen and oxygen atoms in total. The monoisotopic (exact) mass is 283 g/mol. The fourth-order valence-corrected chi connectivity index (χ4v) is 2.81. The van der Waals surface area contributed by atoms with Gasteiger partial charge in [-0.3, -0.25) is 0 Å². The number of nitrogens with one attached hydrogen (secondary N) is 1. The van der Waals surface area contributed by atoms with E-state index in [0.717, 1.165) is 11.4 Å². The fraction of sp³-hybridized carbons (Fsp3) is 0.692. The van der Waals surface area contributed by atoms with Crippen molar-refractivity contribution in [1.82, 2.24) is 15.2 Å². The Labute approximate surface area is 118 Å². The lowest BCUT2D eigenvalue weighted by Crippen LogP contribution is -2.52. The first kappa shape index (κ1) is 14.3. The number of carbonyl (C=O) groups excluding carboxylic acids is 1. The predicted octanol–water partition coefficient (Wildman–Crippen LogP) is 2.10. The highest BCUT2D eigenvalue weighted by molar-refractivity contribution is 7.09. The standard InChI is InChI=1S/C13H21N3O2S/c1-10(2)7-11-9-18-5-4-16(11)13(17)15-8-12-14-3-6-19-12/h3,6,10-11H,4-5,7-9H2,1-2H3,(H,15,17)/t11-/m0/s1. The van der Waals surface area contributed by atoms with Crippen LogP contribution in [0.5, 0.6) is 0 Å². The SMILES string of the molecule is CC(C)C[C@H]1COCCN1C(=O)NCc1nccs1. The number of amides is 2. The number of hydrogen-bond donors (Lipinski definition) is 1. The first-order valence-electron chi connectivity index (χ1n) is 6.67. The molecule has 0 aromatic carbocycles. The molecular formula is C13H21N3O2S. The molecule has 1 fully saturated rings. The topological polar surface area (TPSA) is 54.5 Å². The van der Waals surface area contributed by atoms with E-state index in [-0.39, 0.29) is 12.1 Å².